The number of amides is 1. The van der Waals surface area contributed by atoms with Gasteiger partial charge in [0.2, 0.25) is 5.91 Å². The molecule has 1 amide bonds. The summed E-state index contributed by atoms with van der Waals surface area (Å²) in [5, 5.41) is 3.30. The van der Waals surface area contributed by atoms with Crippen molar-refractivity contribution >= 4 is 17.7 Å². The number of rotatable bonds is 6. The third-order valence-corrected chi connectivity index (χ3v) is 3.99. The van der Waals surface area contributed by atoms with Crippen LogP contribution in [0.3, 0.4) is 0 Å². The van der Waals surface area contributed by atoms with Crippen molar-refractivity contribution in [2.45, 2.75) is 39.2 Å². The van der Waals surface area contributed by atoms with E-state index in [0.29, 0.717) is 18.4 Å². The summed E-state index contributed by atoms with van der Waals surface area (Å²) in [4.78, 5) is 14.0. The van der Waals surface area contributed by atoms with E-state index in [4.69, 9.17) is 0 Å². The largest absolute Gasteiger partial charge is 0.337 e. The molecule has 1 fully saturated rings. The molecule has 16 heavy (non-hydrogen) atoms. The smallest absolute Gasteiger partial charge is 0.223 e. The topological polar surface area (TPSA) is 32.3 Å². The molecule has 1 aliphatic heterocycles. The highest BCUT2D eigenvalue weighted by Crippen LogP contribution is 2.10. The highest BCUT2D eigenvalue weighted by Gasteiger charge is 2.21. The molecule has 1 aliphatic rings. The maximum absolute atomic E-state index is 11.9. The van der Waals surface area contributed by atoms with Gasteiger partial charge in [0.05, 0.1) is 0 Å². The van der Waals surface area contributed by atoms with Crippen molar-refractivity contribution in [2.24, 2.45) is 0 Å². The molecule has 1 N–H and O–H groups in total. The summed E-state index contributed by atoms with van der Waals surface area (Å²) in [7, 11) is 0. The number of piperazine rings is 1. The predicted molar refractivity (Wildman–Crippen MR) is 70.9 cm³/mol. The fourth-order valence-corrected chi connectivity index (χ4v) is 2.88. The van der Waals surface area contributed by atoms with Crippen molar-refractivity contribution in [3.63, 3.8) is 0 Å². The lowest BCUT2D eigenvalue weighted by Gasteiger charge is -2.34. The van der Waals surface area contributed by atoms with Gasteiger partial charge in [0.25, 0.3) is 0 Å². The Morgan fingerprint density at radius 2 is 2.31 bits per heavy atom. The molecule has 0 aliphatic carbocycles. The van der Waals surface area contributed by atoms with Crippen LogP contribution in [-0.2, 0) is 4.79 Å². The first-order valence-corrected chi connectivity index (χ1v) is 7.49. The lowest BCUT2D eigenvalue weighted by atomic mass is 10.2. The van der Waals surface area contributed by atoms with Gasteiger partial charge in [-0.3, -0.25) is 4.79 Å². The number of carbonyl (C=O) groups is 1. The van der Waals surface area contributed by atoms with E-state index in [0.717, 1.165) is 25.4 Å². The summed E-state index contributed by atoms with van der Waals surface area (Å²) in [6.45, 7) is 7.08. The fourth-order valence-electron chi connectivity index (χ4n) is 1.86. The number of thioether (sulfide) groups is 1. The Morgan fingerprint density at radius 3 is 3.00 bits per heavy atom. The molecular weight excluding hydrogens is 220 g/mol. The second-order valence-corrected chi connectivity index (χ2v) is 5.58. The zero-order valence-corrected chi connectivity index (χ0v) is 11.3. The van der Waals surface area contributed by atoms with Crippen molar-refractivity contribution in [1.29, 1.82) is 0 Å². The molecule has 4 heteroatoms. The number of carbonyl (C=O) groups excluding carboxylic acids is 1. The molecule has 0 aromatic heterocycles. The third kappa shape index (κ3) is 4.74. The fraction of sp³-hybridized carbons (Fsp3) is 0.917. The van der Waals surface area contributed by atoms with Crippen molar-refractivity contribution < 1.29 is 4.79 Å². The lowest BCUT2D eigenvalue weighted by molar-refractivity contribution is -0.133. The van der Waals surface area contributed by atoms with Crippen LogP contribution in [0.15, 0.2) is 0 Å². The van der Waals surface area contributed by atoms with Gasteiger partial charge >= 0.3 is 0 Å². The van der Waals surface area contributed by atoms with Gasteiger partial charge in [0, 0.05) is 37.8 Å². The molecule has 0 aromatic carbocycles. The highest BCUT2D eigenvalue weighted by atomic mass is 32.2. The van der Waals surface area contributed by atoms with Gasteiger partial charge in [0.15, 0.2) is 0 Å². The van der Waals surface area contributed by atoms with Crippen LogP contribution in [0.1, 0.15) is 33.1 Å². The minimum atomic E-state index is 0.331. The molecule has 0 aromatic rings. The first-order valence-electron chi connectivity index (χ1n) is 6.33. The van der Waals surface area contributed by atoms with Crippen LogP contribution >= 0.6 is 11.8 Å². The number of nitrogens with zero attached hydrogens (tertiary/aromatic N) is 1. The van der Waals surface area contributed by atoms with Crippen molar-refractivity contribution in [3.8, 4) is 0 Å². The summed E-state index contributed by atoms with van der Waals surface area (Å²) in [5.74, 6) is 2.51. The molecule has 0 radical (unpaired) electrons. The molecular formula is C12H24N2OS. The number of nitrogens with one attached hydrogen (secondary N) is 1. The van der Waals surface area contributed by atoms with Crippen molar-refractivity contribution in [2.75, 3.05) is 31.1 Å². The molecule has 0 spiro atoms. The van der Waals surface area contributed by atoms with Crippen LogP contribution < -0.4 is 5.32 Å². The first kappa shape index (κ1) is 13.8. The second-order valence-electron chi connectivity index (χ2n) is 4.36. The Bertz CT molecular complexity index is 211. The minimum Gasteiger partial charge on any atom is -0.337 e. The zero-order chi connectivity index (χ0) is 11.8. The SMILES string of the molecule is CCCCSCCC(=O)N1CCNCC1C. The van der Waals surface area contributed by atoms with Crippen LogP contribution in [-0.4, -0.2) is 48.0 Å². The van der Waals surface area contributed by atoms with E-state index in [2.05, 4.69) is 19.2 Å². The quantitative estimate of drug-likeness (QED) is 0.722. The van der Waals surface area contributed by atoms with E-state index in [1.807, 2.05) is 16.7 Å². The average molecular weight is 244 g/mol. The molecule has 3 nitrogen and oxygen atoms in total. The molecule has 1 saturated heterocycles. The van der Waals surface area contributed by atoms with E-state index >= 15 is 0 Å². The maximum Gasteiger partial charge on any atom is 0.223 e. The predicted octanol–water partition coefficient (Wildman–Crippen LogP) is 1.73. The van der Waals surface area contributed by atoms with Gasteiger partial charge in [-0.2, -0.15) is 11.8 Å². The van der Waals surface area contributed by atoms with Crippen LogP contribution in [0.5, 0.6) is 0 Å². The Morgan fingerprint density at radius 1 is 1.50 bits per heavy atom. The Kier molecular flexibility index (Phi) is 6.88. The van der Waals surface area contributed by atoms with E-state index in [9.17, 15) is 4.79 Å². The van der Waals surface area contributed by atoms with Crippen molar-refractivity contribution in [3.05, 3.63) is 0 Å². The van der Waals surface area contributed by atoms with Crippen LogP contribution in [0.25, 0.3) is 0 Å². The van der Waals surface area contributed by atoms with Gasteiger partial charge < -0.3 is 10.2 Å². The molecule has 0 bridgehead atoms. The Labute approximate surface area is 103 Å². The second kappa shape index (κ2) is 7.96. The Hall–Kier alpha value is -0.220. The van der Waals surface area contributed by atoms with Crippen molar-refractivity contribution in [1.82, 2.24) is 10.2 Å². The molecule has 1 rings (SSSR count). The average Bonchev–Trinajstić information content (AvgIpc) is 2.29. The van der Waals surface area contributed by atoms with Crippen LogP contribution in [0, 0.1) is 0 Å². The van der Waals surface area contributed by atoms with Gasteiger partial charge in [-0.25, -0.2) is 0 Å². The van der Waals surface area contributed by atoms with E-state index in [-0.39, 0.29) is 0 Å². The van der Waals surface area contributed by atoms with E-state index in [1.165, 1.54) is 18.6 Å². The van der Waals surface area contributed by atoms with E-state index < -0.39 is 0 Å². The summed E-state index contributed by atoms with van der Waals surface area (Å²) < 4.78 is 0. The molecule has 0 saturated carbocycles. The summed E-state index contributed by atoms with van der Waals surface area (Å²) in [6.07, 6.45) is 3.22. The maximum atomic E-state index is 11.9. The minimum absolute atomic E-state index is 0.331. The van der Waals surface area contributed by atoms with Crippen LogP contribution in [0.4, 0.5) is 0 Å². The van der Waals surface area contributed by atoms with Gasteiger partial charge in [0.1, 0.15) is 0 Å². The number of hydrogen-bond acceptors (Lipinski definition) is 3. The first-order chi connectivity index (χ1) is 7.75. The standard InChI is InChI=1S/C12H24N2OS/c1-3-4-8-16-9-5-12(15)14-7-6-13-10-11(14)2/h11,13H,3-10H2,1-2H3. The highest BCUT2D eigenvalue weighted by molar-refractivity contribution is 7.99. The lowest BCUT2D eigenvalue weighted by Crippen LogP contribution is -2.52. The van der Waals surface area contributed by atoms with Crippen LogP contribution in [0.2, 0.25) is 0 Å². The molecule has 1 heterocycles. The third-order valence-electron chi connectivity index (χ3n) is 2.92. The number of unbranched alkanes of at least 4 members (excludes halogenated alkanes) is 1. The normalized spacial score (nSPS) is 21.1. The molecule has 1 unspecified atom stereocenters. The number of hydrogen-bond donors (Lipinski definition) is 1. The summed E-state index contributed by atoms with van der Waals surface area (Å²) >= 11 is 1.91. The Balaban J connectivity index is 2.13. The zero-order valence-electron chi connectivity index (χ0n) is 10.5. The monoisotopic (exact) mass is 244 g/mol. The van der Waals surface area contributed by atoms with E-state index in [1.54, 1.807) is 0 Å². The van der Waals surface area contributed by atoms with Gasteiger partial charge in [-0.1, -0.05) is 13.3 Å². The summed E-state index contributed by atoms with van der Waals surface area (Å²) in [6, 6.07) is 0.363. The summed E-state index contributed by atoms with van der Waals surface area (Å²) in [5.41, 5.74) is 0. The molecule has 1 atom stereocenters. The van der Waals surface area contributed by atoms with Gasteiger partial charge in [-0.05, 0) is 19.1 Å². The molecule has 94 valence electrons. The van der Waals surface area contributed by atoms with Gasteiger partial charge in [-0.15, -0.1) is 0 Å².